The largest absolute Gasteiger partial charge is 0.494 e. The first kappa shape index (κ1) is 16.3. The summed E-state index contributed by atoms with van der Waals surface area (Å²) in [6, 6.07) is 8.27. The molecule has 0 atom stereocenters. The van der Waals surface area contributed by atoms with Gasteiger partial charge in [0.2, 0.25) is 0 Å². The molecule has 1 aromatic rings. The van der Waals surface area contributed by atoms with Crippen LogP contribution in [-0.4, -0.2) is 32.2 Å². The van der Waals surface area contributed by atoms with E-state index in [9.17, 15) is 0 Å². The molecule has 0 fully saturated rings. The van der Waals surface area contributed by atoms with Gasteiger partial charge < -0.3 is 15.4 Å². The third kappa shape index (κ3) is 6.45. The van der Waals surface area contributed by atoms with Gasteiger partial charge in [-0.25, -0.2) is 0 Å². The number of aliphatic imine (C=N–C) groups is 1. The smallest absolute Gasteiger partial charge is 0.191 e. The minimum absolute atomic E-state index is 0.770. The number of guanidine groups is 1. The first-order valence-electron chi connectivity index (χ1n) is 7.54. The Bertz CT molecular complexity index is 396. The summed E-state index contributed by atoms with van der Waals surface area (Å²) in [4.78, 5) is 4.54. The van der Waals surface area contributed by atoms with Gasteiger partial charge >= 0.3 is 0 Å². The predicted octanol–water partition coefficient (Wildman–Crippen LogP) is 2.59. The lowest BCUT2D eigenvalue weighted by atomic mass is 10.1. The molecule has 0 saturated heterocycles. The lowest BCUT2D eigenvalue weighted by Crippen LogP contribution is -2.37. The summed E-state index contributed by atoms with van der Waals surface area (Å²) in [5, 5.41) is 6.45. The maximum Gasteiger partial charge on any atom is 0.191 e. The van der Waals surface area contributed by atoms with Crippen LogP contribution < -0.4 is 15.4 Å². The Morgan fingerprint density at radius 3 is 2.55 bits per heavy atom. The summed E-state index contributed by atoms with van der Waals surface area (Å²) >= 11 is 0. The number of hydrogen-bond donors (Lipinski definition) is 2. The van der Waals surface area contributed by atoms with Crippen LogP contribution in [-0.2, 0) is 6.42 Å². The Kier molecular flexibility index (Phi) is 8.27. The van der Waals surface area contributed by atoms with Gasteiger partial charge in [-0.2, -0.15) is 0 Å². The summed E-state index contributed by atoms with van der Waals surface area (Å²) in [7, 11) is 0. The first-order valence-corrected chi connectivity index (χ1v) is 7.54. The van der Waals surface area contributed by atoms with Crippen LogP contribution in [0.1, 0.15) is 32.8 Å². The van der Waals surface area contributed by atoms with Crippen molar-refractivity contribution >= 4 is 5.96 Å². The molecule has 0 radical (unpaired) electrons. The van der Waals surface area contributed by atoms with Gasteiger partial charge in [0.1, 0.15) is 5.75 Å². The van der Waals surface area contributed by atoms with E-state index < -0.39 is 0 Å². The van der Waals surface area contributed by atoms with Crippen LogP contribution in [0, 0.1) is 0 Å². The average molecular weight is 277 g/mol. The summed E-state index contributed by atoms with van der Waals surface area (Å²) in [6.45, 7) is 9.56. The third-order valence-electron chi connectivity index (χ3n) is 2.73. The highest BCUT2D eigenvalue weighted by Crippen LogP contribution is 2.14. The van der Waals surface area contributed by atoms with Crippen molar-refractivity contribution in [3.63, 3.8) is 0 Å². The first-order chi connectivity index (χ1) is 9.80. The van der Waals surface area contributed by atoms with Crippen molar-refractivity contribution in [3.8, 4) is 5.75 Å². The summed E-state index contributed by atoms with van der Waals surface area (Å²) in [6.07, 6.45) is 1.95. The summed E-state index contributed by atoms with van der Waals surface area (Å²) < 4.78 is 5.64. The molecule has 0 amide bonds. The maximum atomic E-state index is 5.64. The predicted molar refractivity (Wildman–Crippen MR) is 85.6 cm³/mol. The molecule has 2 N–H and O–H groups in total. The SMILES string of the molecule is CCCOc1cccc(CCN=C(NCC)NCC)c1. The highest BCUT2D eigenvalue weighted by Gasteiger charge is 1.98. The van der Waals surface area contributed by atoms with E-state index in [1.54, 1.807) is 0 Å². The van der Waals surface area contributed by atoms with E-state index in [1.807, 2.05) is 12.1 Å². The van der Waals surface area contributed by atoms with Crippen LogP contribution in [0.5, 0.6) is 5.75 Å². The molecular formula is C16H27N3O. The Balaban J connectivity index is 2.49. The van der Waals surface area contributed by atoms with Gasteiger partial charge in [-0.3, -0.25) is 4.99 Å². The maximum absolute atomic E-state index is 5.64. The summed E-state index contributed by atoms with van der Waals surface area (Å²) in [5.74, 6) is 1.83. The van der Waals surface area contributed by atoms with Crippen molar-refractivity contribution in [3.05, 3.63) is 29.8 Å². The van der Waals surface area contributed by atoms with E-state index in [1.165, 1.54) is 5.56 Å². The molecule has 20 heavy (non-hydrogen) atoms. The minimum atomic E-state index is 0.770. The normalized spacial score (nSPS) is 9.95. The van der Waals surface area contributed by atoms with E-state index in [0.717, 1.165) is 50.8 Å². The minimum Gasteiger partial charge on any atom is -0.494 e. The molecule has 0 spiro atoms. The molecule has 0 aliphatic carbocycles. The number of rotatable bonds is 8. The zero-order valence-electron chi connectivity index (χ0n) is 12.9. The Labute approximate surface area is 122 Å². The molecule has 0 aromatic heterocycles. The fourth-order valence-electron chi connectivity index (χ4n) is 1.82. The van der Waals surface area contributed by atoms with Crippen molar-refractivity contribution in [2.75, 3.05) is 26.2 Å². The monoisotopic (exact) mass is 277 g/mol. The third-order valence-corrected chi connectivity index (χ3v) is 2.73. The summed E-state index contributed by atoms with van der Waals surface area (Å²) in [5.41, 5.74) is 1.26. The van der Waals surface area contributed by atoms with Crippen molar-refractivity contribution in [2.24, 2.45) is 4.99 Å². The lowest BCUT2D eigenvalue weighted by molar-refractivity contribution is 0.317. The van der Waals surface area contributed by atoms with Crippen molar-refractivity contribution in [1.29, 1.82) is 0 Å². The number of hydrogen-bond acceptors (Lipinski definition) is 2. The molecule has 4 heteroatoms. The molecule has 0 heterocycles. The molecule has 0 aliphatic rings. The second-order valence-electron chi connectivity index (χ2n) is 4.54. The van der Waals surface area contributed by atoms with Crippen LogP contribution in [0.2, 0.25) is 0 Å². The van der Waals surface area contributed by atoms with Gasteiger partial charge in [0, 0.05) is 19.6 Å². The van der Waals surface area contributed by atoms with Gasteiger partial charge in [0.25, 0.3) is 0 Å². The van der Waals surface area contributed by atoms with Crippen LogP contribution in [0.25, 0.3) is 0 Å². The Morgan fingerprint density at radius 2 is 1.90 bits per heavy atom. The number of nitrogens with zero attached hydrogens (tertiary/aromatic N) is 1. The quantitative estimate of drug-likeness (QED) is 0.567. The molecule has 0 unspecified atom stereocenters. The van der Waals surface area contributed by atoms with Gasteiger partial charge in [0.15, 0.2) is 5.96 Å². The molecule has 112 valence electrons. The van der Waals surface area contributed by atoms with Crippen LogP contribution in [0.3, 0.4) is 0 Å². The molecule has 1 aromatic carbocycles. The molecule has 4 nitrogen and oxygen atoms in total. The fourth-order valence-corrected chi connectivity index (χ4v) is 1.82. The average Bonchev–Trinajstić information content (AvgIpc) is 2.46. The van der Waals surface area contributed by atoms with Gasteiger partial charge in [-0.05, 0) is 44.4 Å². The van der Waals surface area contributed by atoms with E-state index in [0.29, 0.717) is 0 Å². The van der Waals surface area contributed by atoms with Crippen molar-refractivity contribution in [1.82, 2.24) is 10.6 Å². The van der Waals surface area contributed by atoms with E-state index in [2.05, 4.69) is 48.5 Å². The van der Waals surface area contributed by atoms with Crippen LogP contribution in [0.4, 0.5) is 0 Å². The zero-order valence-corrected chi connectivity index (χ0v) is 12.9. The van der Waals surface area contributed by atoms with Gasteiger partial charge in [-0.1, -0.05) is 19.1 Å². The zero-order chi connectivity index (χ0) is 14.6. The van der Waals surface area contributed by atoms with Crippen LogP contribution in [0.15, 0.2) is 29.3 Å². The molecular weight excluding hydrogens is 250 g/mol. The van der Waals surface area contributed by atoms with E-state index in [-0.39, 0.29) is 0 Å². The van der Waals surface area contributed by atoms with Crippen molar-refractivity contribution in [2.45, 2.75) is 33.6 Å². The standard InChI is InChI=1S/C16H27N3O/c1-4-12-20-15-9-7-8-14(13-15)10-11-19-16(17-5-2)18-6-3/h7-9,13H,4-6,10-12H2,1-3H3,(H2,17,18,19). The van der Waals surface area contributed by atoms with Crippen molar-refractivity contribution < 1.29 is 4.74 Å². The molecule has 0 saturated carbocycles. The van der Waals surface area contributed by atoms with Gasteiger partial charge in [-0.15, -0.1) is 0 Å². The lowest BCUT2D eigenvalue weighted by Gasteiger charge is -2.09. The fraction of sp³-hybridized carbons (Fsp3) is 0.562. The number of benzene rings is 1. The van der Waals surface area contributed by atoms with E-state index in [4.69, 9.17) is 4.74 Å². The molecule has 1 rings (SSSR count). The molecule has 0 aliphatic heterocycles. The van der Waals surface area contributed by atoms with E-state index >= 15 is 0 Å². The highest BCUT2D eigenvalue weighted by atomic mass is 16.5. The van der Waals surface area contributed by atoms with Gasteiger partial charge in [0.05, 0.1) is 6.61 Å². The second-order valence-corrected chi connectivity index (χ2v) is 4.54. The second kappa shape index (κ2) is 10.1. The van der Waals surface area contributed by atoms with Crippen LogP contribution >= 0.6 is 0 Å². The topological polar surface area (TPSA) is 45.6 Å². The Hall–Kier alpha value is -1.71. The number of nitrogens with one attached hydrogen (secondary N) is 2. The highest BCUT2D eigenvalue weighted by molar-refractivity contribution is 5.79. The Morgan fingerprint density at radius 1 is 1.15 bits per heavy atom. The molecule has 0 bridgehead atoms. The number of ether oxygens (including phenoxy) is 1.